The van der Waals surface area contributed by atoms with E-state index < -0.39 is 6.10 Å². The molecule has 0 amide bonds. The van der Waals surface area contributed by atoms with Crippen LogP contribution in [0.15, 0.2) is 0 Å². The highest BCUT2D eigenvalue weighted by Gasteiger charge is 2.19. The zero-order chi connectivity index (χ0) is 41.0. The number of rotatable bonds is 45. The number of carbonyl (C=O) groups excluding carboxylic acids is 3. The van der Waals surface area contributed by atoms with Crippen LogP contribution in [0.3, 0.4) is 0 Å². The average molecular weight is 793 g/mol. The fraction of sp³-hybridized carbons (Fsp3) is 0.940. The Bertz CT molecular complexity index is 841. The van der Waals surface area contributed by atoms with Gasteiger partial charge in [0, 0.05) is 19.3 Å². The monoisotopic (exact) mass is 793 g/mol. The molecule has 0 saturated heterocycles. The topological polar surface area (TPSA) is 78.9 Å². The molecule has 0 heterocycles. The number of unbranched alkanes of at least 4 members (excludes halogenated alkanes) is 32. The van der Waals surface area contributed by atoms with Crippen molar-refractivity contribution in [1.82, 2.24) is 0 Å². The summed E-state index contributed by atoms with van der Waals surface area (Å²) < 4.78 is 16.7. The van der Waals surface area contributed by atoms with Gasteiger partial charge in [-0.1, -0.05) is 240 Å². The van der Waals surface area contributed by atoms with Crippen LogP contribution in [-0.2, 0) is 28.6 Å². The van der Waals surface area contributed by atoms with E-state index in [1.807, 2.05) is 0 Å². The number of hydrogen-bond acceptors (Lipinski definition) is 6. The first-order chi connectivity index (χ1) is 27.4. The predicted molar refractivity (Wildman–Crippen MR) is 238 cm³/mol. The van der Waals surface area contributed by atoms with E-state index in [1.54, 1.807) is 0 Å². The third-order valence-electron chi connectivity index (χ3n) is 11.3. The number of ether oxygens (including phenoxy) is 3. The smallest absolute Gasteiger partial charge is 0.306 e. The third-order valence-corrected chi connectivity index (χ3v) is 11.3. The predicted octanol–water partition coefficient (Wildman–Crippen LogP) is 15.9. The van der Waals surface area contributed by atoms with Crippen LogP contribution >= 0.6 is 0 Å². The van der Waals surface area contributed by atoms with E-state index in [9.17, 15) is 14.4 Å². The van der Waals surface area contributed by atoms with Crippen LogP contribution in [0.5, 0.6) is 0 Å². The first-order valence-corrected chi connectivity index (χ1v) is 24.9. The van der Waals surface area contributed by atoms with Crippen LogP contribution in [-0.4, -0.2) is 37.2 Å². The molecule has 0 aromatic carbocycles. The summed E-state index contributed by atoms with van der Waals surface area (Å²) in [6, 6.07) is 0. The van der Waals surface area contributed by atoms with Gasteiger partial charge in [-0.25, -0.2) is 0 Å². The fourth-order valence-corrected chi connectivity index (χ4v) is 7.51. The van der Waals surface area contributed by atoms with Crippen molar-refractivity contribution in [3.63, 3.8) is 0 Å². The van der Waals surface area contributed by atoms with Gasteiger partial charge in [-0.3, -0.25) is 14.4 Å². The van der Waals surface area contributed by atoms with Crippen molar-refractivity contribution in [2.24, 2.45) is 5.92 Å². The van der Waals surface area contributed by atoms with Gasteiger partial charge in [0.15, 0.2) is 6.10 Å². The molecule has 6 heteroatoms. The molecule has 0 aromatic heterocycles. The first kappa shape index (κ1) is 54.4. The van der Waals surface area contributed by atoms with Crippen LogP contribution in [0.2, 0.25) is 0 Å². The Morgan fingerprint density at radius 2 is 0.589 bits per heavy atom. The summed E-state index contributed by atoms with van der Waals surface area (Å²) in [7, 11) is 0. The van der Waals surface area contributed by atoms with Crippen molar-refractivity contribution < 1.29 is 28.6 Å². The van der Waals surface area contributed by atoms with E-state index in [4.69, 9.17) is 14.2 Å². The molecule has 0 aromatic rings. The molecular formula is C50H96O6. The molecule has 0 saturated carbocycles. The number of carbonyl (C=O) groups is 3. The minimum absolute atomic E-state index is 0.0636. The van der Waals surface area contributed by atoms with Gasteiger partial charge in [-0.05, 0) is 25.2 Å². The molecule has 0 radical (unpaired) electrons. The van der Waals surface area contributed by atoms with Gasteiger partial charge in [-0.15, -0.1) is 0 Å². The number of hydrogen-bond donors (Lipinski definition) is 0. The maximum absolute atomic E-state index is 12.6. The Kier molecular flexibility index (Phi) is 43.2. The fourth-order valence-electron chi connectivity index (χ4n) is 7.51. The second kappa shape index (κ2) is 44.5. The Morgan fingerprint density at radius 1 is 0.339 bits per heavy atom. The molecule has 0 fully saturated rings. The van der Waals surface area contributed by atoms with E-state index in [0.717, 1.165) is 63.7 Å². The molecule has 1 atom stereocenters. The minimum Gasteiger partial charge on any atom is -0.462 e. The quantitative estimate of drug-likeness (QED) is 0.0347. The number of esters is 3. The normalized spacial score (nSPS) is 11.9. The summed E-state index contributed by atoms with van der Waals surface area (Å²) in [6.07, 6.45) is 45.3. The molecule has 0 N–H and O–H groups in total. The molecule has 6 nitrogen and oxygen atoms in total. The summed E-state index contributed by atoms with van der Waals surface area (Å²) >= 11 is 0. The maximum atomic E-state index is 12.6. The second-order valence-corrected chi connectivity index (χ2v) is 17.6. The van der Waals surface area contributed by atoms with Crippen LogP contribution in [0, 0.1) is 5.92 Å². The van der Waals surface area contributed by atoms with Gasteiger partial charge in [0.2, 0.25) is 0 Å². The van der Waals surface area contributed by atoms with Crippen molar-refractivity contribution in [2.75, 3.05) is 13.2 Å². The zero-order valence-electron chi connectivity index (χ0n) is 38.1. The first-order valence-electron chi connectivity index (χ1n) is 24.9. The molecule has 0 bridgehead atoms. The van der Waals surface area contributed by atoms with Crippen LogP contribution in [0.4, 0.5) is 0 Å². The highest BCUT2D eigenvalue weighted by molar-refractivity contribution is 5.71. The average Bonchev–Trinajstić information content (AvgIpc) is 3.18. The van der Waals surface area contributed by atoms with Crippen molar-refractivity contribution in [2.45, 2.75) is 284 Å². The molecular weight excluding hydrogens is 697 g/mol. The van der Waals surface area contributed by atoms with Crippen molar-refractivity contribution >= 4 is 17.9 Å². The summed E-state index contributed by atoms with van der Waals surface area (Å²) in [5.41, 5.74) is 0. The molecule has 332 valence electrons. The maximum Gasteiger partial charge on any atom is 0.306 e. The molecule has 0 rings (SSSR count). The van der Waals surface area contributed by atoms with Gasteiger partial charge in [0.25, 0.3) is 0 Å². The SMILES string of the molecule is CCCCCCCCCCCCCCCC(=O)OC[C@H](COC(=O)CCCCCCCCCCCCCCCCCC(C)C)OC(=O)CCCCCCCCC. The van der Waals surface area contributed by atoms with Crippen molar-refractivity contribution in [1.29, 1.82) is 0 Å². The van der Waals surface area contributed by atoms with Gasteiger partial charge < -0.3 is 14.2 Å². The summed E-state index contributed by atoms with van der Waals surface area (Å²) in [5.74, 6) is -0.00499. The Balaban J connectivity index is 4.16. The third kappa shape index (κ3) is 43.5. The minimum atomic E-state index is -0.758. The van der Waals surface area contributed by atoms with Crippen LogP contribution in [0.25, 0.3) is 0 Å². The Morgan fingerprint density at radius 3 is 0.875 bits per heavy atom. The van der Waals surface area contributed by atoms with Crippen molar-refractivity contribution in [3.8, 4) is 0 Å². The van der Waals surface area contributed by atoms with E-state index in [-0.39, 0.29) is 31.1 Å². The molecule has 0 spiro atoms. The molecule has 56 heavy (non-hydrogen) atoms. The van der Waals surface area contributed by atoms with E-state index in [2.05, 4.69) is 27.7 Å². The lowest BCUT2D eigenvalue weighted by molar-refractivity contribution is -0.167. The van der Waals surface area contributed by atoms with Crippen LogP contribution in [0.1, 0.15) is 278 Å². The highest BCUT2D eigenvalue weighted by atomic mass is 16.6. The van der Waals surface area contributed by atoms with Gasteiger partial charge in [0.05, 0.1) is 0 Å². The summed E-state index contributed by atoms with van der Waals surface area (Å²) in [5, 5.41) is 0. The van der Waals surface area contributed by atoms with Gasteiger partial charge >= 0.3 is 17.9 Å². The standard InChI is InChI=1S/C50H96O6/c1-5-7-9-11-13-14-15-19-23-26-30-33-37-41-48(51)54-44-47(56-50(53)43-39-35-28-12-10-8-6-2)45-55-49(52)42-38-34-31-27-24-21-18-16-17-20-22-25-29-32-36-40-46(3)4/h46-47H,5-45H2,1-4H3/t47-/m1/s1. The lowest BCUT2D eigenvalue weighted by Crippen LogP contribution is -2.30. The van der Waals surface area contributed by atoms with E-state index >= 15 is 0 Å². The Hall–Kier alpha value is -1.59. The van der Waals surface area contributed by atoms with E-state index in [1.165, 1.54) is 173 Å². The molecule has 0 aliphatic heterocycles. The van der Waals surface area contributed by atoms with Gasteiger partial charge in [-0.2, -0.15) is 0 Å². The zero-order valence-corrected chi connectivity index (χ0v) is 38.1. The van der Waals surface area contributed by atoms with Crippen molar-refractivity contribution in [3.05, 3.63) is 0 Å². The molecule has 0 unspecified atom stereocenters. The lowest BCUT2D eigenvalue weighted by Gasteiger charge is -2.18. The molecule has 0 aliphatic rings. The Labute approximate surface area is 348 Å². The lowest BCUT2D eigenvalue weighted by atomic mass is 10.0. The highest BCUT2D eigenvalue weighted by Crippen LogP contribution is 2.17. The summed E-state index contributed by atoms with van der Waals surface area (Å²) in [4.78, 5) is 37.7. The second-order valence-electron chi connectivity index (χ2n) is 17.6. The van der Waals surface area contributed by atoms with E-state index in [0.29, 0.717) is 19.3 Å². The summed E-state index contributed by atoms with van der Waals surface area (Å²) in [6.45, 7) is 8.99. The van der Waals surface area contributed by atoms with Crippen LogP contribution < -0.4 is 0 Å². The largest absolute Gasteiger partial charge is 0.462 e. The molecule has 0 aliphatic carbocycles. The van der Waals surface area contributed by atoms with Gasteiger partial charge in [0.1, 0.15) is 13.2 Å².